The summed E-state index contributed by atoms with van der Waals surface area (Å²) in [5.41, 5.74) is 2.00. The summed E-state index contributed by atoms with van der Waals surface area (Å²) < 4.78 is 29.3. The molecule has 0 aliphatic carbocycles. The number of hydrogen-bond donors (Lipinski definition) is 0. The summed E-state index contributed by atoms with van der Waals surface area (Å²) in [6, 6.07) is 20.0. The predicted molar refractivity (Wildman–Crippen MR) is 104 cm³/mol. The first-order valence-corrected chi connectivity index (χ1v) is 10.1. The van der Waals surface area contributed by atoms with Gasteiger partial charge in [0, 0.05) is 13.1 Å². The summed E-state index contributed by atoms with van der Waals surface area (Å²) in [4.78, 5) is 0. The normalized spacial score (nSPS) is 11.1. The molecule has 0 aliphatic heterocycles. The zero-order valence-corrected chi connectivity index (χ0v) is 15.8. The molecule has 0 unspecified atom stereocenters. The fraction of sp³-hybridized carbons (Fsp3) is 0.200. The van der Waals surface area contributed by atoms with Crippen molar-refractivity contribution in [2.24, 2.45) is 0 Å². The van der Waals surface area contributed by atoms with E-state index in [9.17, 15) is 8.42 Å². The van der Waals surface area contributed by atoms with Crippen LogP contribution in [0.3, 0.4) is 0 Å². The molecule has 0 amide bonds. The molecule has 6 nitrogen and oxygen atoms in total. The van der Waals surface area contributed by atoms with Crippen molar-refractivity contribution in [1.82, 2.24) is 9.78 Å². The van der Waals surface area contributed by atoms with Crippen LogP contribution in [0.5, 0.6) is 0 Å². The van der Waals surface area contributed by atoms with E-state index in [-0.39, 0.29) is 11.6 Å². The minimum Gasteiger partial charge on any atom is -0.265 e. The highest BCUT2D eigenvalue weighted by Gasteiger charge is 2.27. The van der Waals surface area contributed by atoms with Crippen molar-refractivity contribution in [2.45, 2.75) is 24.9 Å². The van der Waals surface area contributed by atoms with Crippen molar-refractivity contribution < 1.29 is 8.42 Å². The van der Waals surface area contributed by atoms with E-state index >= 15 is 0 Å². The second-order valence-corrected chi connectivity index (χ2v) is 7.77. The molecule has 138 valence electrons. The van der Waals surface area contributed by atoms with E-state index in [0.29, 0.717) is 24.2 Å². The van der Waals surface area contributed by atoms with E-state index in [0.717, 1.165) is 5.56 Å². The average molecular weight is 380 g/mol. The molecule has 7 heteroatoms. The maximum absolute atomic E-state index is 13.2. The van der Waals surface area contributed by atoms with E-state index in [1.54, 1.807) is 31.2 Å². The zero-order valence-electron chi connectivity index (χ0n) is 15.0. The quantitative estimate of drug-likeness (QED) is 0.630. The van der Waals surface area contributed by atoms with E-state index in [1.807, 2.05) is 36.4 Å². The summed E-state index contributed by atoms with van der Waals surface area (Å²) >= 11 is 0. The molecule has 0 spiro atoms. The van der Waals surface area contributed by atoms with Crippen LogP contribution in [0.25, 0.3) is 0 Å². The van der Waals surface area contributed by atoms with E-state index in [1.165, 1.54) is 21.3 Å². The van der Waals surface area contributed by atoms with Gasteiger partial charge in [-0.25, -0.2) is 0 Å². The molecular formula is C20H20N4O2S. The summed E-state index contributed by atoms with van der Waals surface area (Å²) in [6.07, 6.45) is 2.18. The molecule has 0 saturated carbocycles. The van der Waals surface area contributed by atoms with Gasteiger partial charge in [-0.3, -0.25) is 8.99 Å². The fourth-order valence-electron chi connectivity index (χ4n) is 2.92. The standard InChI is InChI=1S/C20H20N4O2S/c1-2-24(19-10-6-9-18(15-19)16-21)27(25,26)20-11-13-22-23(20)14-12-17-7-4-3-5-8-17/h3-11,13,15H,2,12,14H2,1H3. The topological polar surface area (TPSA) is 79.0 Å². The van der Waals surface area contributed by atoms with Crippen molar-refractivity contribution in [2.75, 3.05) is 10.8 Å². The van der Waals surface area contributed by atoms with Crippen LogP contribution in [0, 0.1) is 11.3 Å². The average Bonchev–Trinajstić information content (AvgIpc) is 3.17. The van der Waals surface area contributed by atoms with Crippen LogP contribution in [0.2, 0.25) is 0 Å². The molecule has 0 atom stereocenters. The third-order valence-corrected chi connectivity index (χ3v) is 6.16. The van der Waals surface area contributed by atoms with Crippen LogP contribution in [0.4, 0.5) is 5.69 Å². The zero-order chi connectivity index (χ0) is 19.3. The van der Waals surface area contributed by atoms with Crippen LogP contribution in [0.1, 0.15) is 18.1 Å². The SMILES string of the molecule is CCN(c1cccc(C#N)c1)S(=O)(=O)c1ccnn1CCc1ccccc1. The van der Waals surface area contributed by atoms with E-state index in [2.05, 4.69) is 5.10 Å². The van der Waals surface area contributed by atoms with Crippen molar-refractivity contribution in [3.05, 3.63) is 78.0 Å². The first kappa shape index (κ1) is 18.7. The predicted octanol–water partition coefficient (Wildman–Crippen LogP) is 3.21. The van der Waals surface area contributed by atoms with Crippen molar-refractivity contribution in [3.63, 3.8) is 0 Å². The third-order valence-electron chi connectivity index (χ3n) is 4.24. The lowest BCUT2D eigenvalue weighted by atomic mass is 10.1. The van der Waals surface area contributed by atoms with Crippen molar-refractivity contribution >= 4 is 15.7 Å². The van der Waals surface area contributed by atoms with E-state index < -0.39 is 10.0 Å². The lowest BCUT2D eigenvalue weighted by Crippen LogP contribution is -2.32. The van der Waals surface area contributed by atoms with Gasteiger partial charge in [-0.05, 0) is 43.2 Å². The molecule has 0 N–H and O–H groups in total. The van der Waals surface area contributed by atoms with Crippen LogP contribution in [0.15, 0.2) is 71.9 Å². The summed E-state index contributed by atoms with van der Waals surface area (Å²) in [5.74, 6) is 0. The van der Waals surface area contributed by atoms with Gasteiger partial charge in [-0.15, -0.1) is 0 Å². The molecule has 27 heavy (non-hydrogen) atoms. The fourth-order valence-corrected chi connectivity index (χ4v) is 4.52. The van der Waals surface area contributed by atoms with Gasteiger partial charge < -0.3 is 0 Å². The molecule has 0 saturated heterocycles. The van der Waals surface area contributed by atoms with Crippen molar-refractivity contribution in [3.8, 4) is 6.07 Å². The lowest BCUT2D eigenvalue weighted by molar-refractivity contribution is 0.534. The maximum Gasteiger partial charge on any atom is 0.281 e. The number of hydrogen-bond acceptors (Lipinski definition) is 4. The Morgan fingerprint density at radius 2 is 1.89 bits per heavy atom. The van der Waals surface area contributed by atoms with Gasteiger partial charge in [-0.2, -0.15) is 18.8 Å². The number of anilines is 1. The van der Waals surface area contributed by atoms with Gasteiger partial charge in [-0.1, -0.05) is 36.4 Å². The Morgan fingerprint density at radius 1 is 1.11 bits per heavy atom. The summed E-state index contributed by atoms with van der Waals surface area (Å²) in [7, 11) is -3.80. The molecule has 0 bridgehead atoms. The summed E-state index contributed by atoms with van der Waals surface area (Å²) in [6.45, 7) is 2.48. The second-order valence-electron chi connectivity index (χ2n) is 5.96. The van der Waals surface area contributed by atoms with Crippen molar-refractivity contribution in [1.29, 1.82) is 5.26 Å². The highest BCUT2D eigenvalue weighted by Crippen LogP contribution is 2.24. The van der Waals surface area contributed by atoms with Gasteiger partial charge in [0.05, 0.1) is 23.5 Å². The Morgan fingerprint density at radius 3 is 2.59 bits per heavy atom. The Bertz CT molecular complexity index is 1050. The Balaban J connectivity index is 1.90. The Labute approximate surface area is 159 Å². The van der Waals surface area contributed by atoms with E-state index in [4.69, 9.17) is 5.26 Å². The molecular weight excluding hydrogens is 360 g/mol. The molecule has 1 aromatic heterocycles. The van der Waals surface area contributed by atoms with Gasteiger partial charge in [0.15, 0.2) is 5.03 Å². The van der Waals surface area contributed by atoms with Crippen LogP contribution >= 0.6 is 0 Å². The first-order chi connectivity index (χ1) is 13.1. The molecule has 2 aromatic carbocycles. The number of nitrogens with zero attached hydrogens (tertiary/aromatic N) is 4. The largest absolute Gasteiger partial charge is 0.281 e. The molecule has 0 aliphatic rings. The van der Waals surface area contributed by atoms with Gasteiger partial charge >= 0.3 is 0 Å². The lowest BCUT2D eigenvalue weighted by Gasteiger charge is -2.23. The number of sulfonamides is 1. The maximum atomic E-state index is 13.2. The monoisotopic (exact) mass is 380 g/mol. The number of aryl methyl sites for hydroxylation is 2. The molecule has 3 aromatic rings. The second kappa shape index (κ2) is 8.06. The highest BCUT2D eigenvalue weighted by molar-refractivity contribution is 7.92. The number of benzene rings is 2. The van der Waals surface area contributed by atoms with Gasteiger partial charge in [0.1, 0.15) is 0 Å². The Hall–Kier alpha value is -3.11. The number of nitriles is 1. The highest BCUT2D eigenvalue weighted by atomic mass is 32.2. The number of rotatable bonds is 7. The molecule has 1 heterocycles. The van der Waals surface area contributed by atoms with Crippen LogP contribution in [-0.2, 0) is 23.0 Å². The summed E-state index contributed by atoms with van der Waals surface area (Å²) in [5, 5.41) is 13.4. The molecule has 0 radical (unpaired) electrons. The van der Waals surface area contributed by atoms with Gasteiger partial charge in [0.2, 0.25) is 0 Å². The van der Waals surface area contributed by atoms with Gasteiger partial charge in [0.25, 0.3) is 10.0 Å². The Kier molecular flexibility index (Phi) is 5.57. The minimum absolute atomic E-state index is 0.141. The third kappa shape index (κ3) is 4.01. The minimum atomic E-state index is -3.80. The molecule has 3 rings (SSSR count). The van der Waals surface area contributed by atoms with Crippen LogP contribution < -0.4 is 4.31 Å². The number of aromatic nitrogens is 2. The van der Waals surface area contributed by atoms with Crippen LogP contribution in [-0.4, -0.2) is 24.7 Å². The molecule has 0 fully saturated rings. The first-order valence-electron chi connectivity index (χ1n) is 8.65. The smallest absolute Gasteiger partial charge is 0.265 e.